The maximum Gasteiger partial charge on any atom is 0.295 e. The van der Waals surface area contributed by atoms with Gasteiger partial charge in [0.05, 0.1) is 0 Å². The highest BCUT2D eigenvalue weighted by Crippen LogP contribution is 2.34. The lowest BCUT2D eigenvalue weighted by atomic mass is 9.81. The molecule has 0 unspecified atom stereocenters. The predicted molar refractivity (Wildman–Crippen MR) is 98.5 cm³/mol. The largest absolute Gasteiger partial charge is 0.424 e. The van der Waals surface area contributed by atoms with Crippen molar-refractivity contribution in [3.8, 4) is 0 Å². The van der Waals surface area contributed by atoms with Crippen LogP contribution >= 0.6 is 0 Å². The molecule has 0 bridgehead atoms. The van der Waals surface area contributed by atoms with Crippen LogP contribution in [-0.2, 0) is 6.42 Å². The minimum atomic E-state index is 0.617. The van der Waals surface area contributed by atoms with Gasteiger partial charge in [-0.05, 0) is 48.4 Å². The Labute approximate surface area is 143 Å². The van der Waals surface area contributed by atoms with E-state index in [1.165, 1.54) is 37.7 Å². The maximum absolute atomic E-state index is 5.73. The second-order valence-corrected chi connectivity index (χ2v) is 6.70. The van der Waals surface area contributed by atoms with E-state index < -0.39 is 0 Å². The Morgan fingerprint density at radius 1 is 0.958 bits per heavy atom. The number of nitrogens with one attached hydrogen (secondary N) is 1. The van der Waals surface area contributed by atoms with E-state index in [2.05, 4.69) is 34.6 Å². The summed E-state index contributed by atoms with van der Waals surface area (Å²) in [6, 6.07) is 17.4. The molecule has 1 heterocycles. The second kappa shape index (κ2) is 7.08. The number of hydrogen-bond acceptors (Lipinski definition) is 3. The van der Waals surface area contributed by atoms with Gasteiger partial charge in [-0.2, -0.15) is 4.98 Å². The van der Waals surface area contributed by atoms with Crippen molar-refractivity contribution in [1.29, 1.82) is 0 Å². The Morgan fingerprint density at radius 2 is 1.75 bits per heavy atom. The van der Waals surface area contributed by atoms with Gasteiger partial charge >= 0.3 is 0 Å². The summed E-state index contributed by atoms with van der Waals surface area (Å²) in [6.07, 6.45) is 7.84. The van der Waals surface area contributed by atoms with Gasteiger partial charge < -0.3 is 9.73 Å². The molecule has 124 valence electrons. The summed E-state index contributed by atoms with van der Waals surface area (Å²) in [5.74, 6) is 0.749. The van der Waals surface area contributed by atoms with E-state index in [1.54, 1.807) is 5.56 Å². The lowest BCUT2D eigenvalue weighted by Gasteiger charge is -2.24. The quantitative estimate of drug-likeness (QED) is 0.671. The SMILES string of the molecule is c1ccc(C2CCCCC2)c(CCNc2nc3ccccc3o2)c1. The Balaban J connectivity index is 1.42. The fourth-order valence-electron chi connectivity index (χ4n) is 3.83. The molecular formula is C21H24N2O. The highest BCUT2D eigenvalue weighted by molar-refractivity contribution is 5.74. The first-order chi connectivity index (χ1) is 11.9. The molecule has 2 aromatic carbocycles. The molecule has 1 aliphatic rings. The molecular weight excluding hydrogens is 296 g/mol. The number of para-hydroxylation sites is 2. The maximum atomic E-state index is 5.73. The van der Waals surface area contributed by atoms with E-state index in [9.17, 15) is 0 Å². The van der Waals surface area contributed by atoms with E-state index >= 15 is 0 Å². The smallest absolute Gasteiger partial charge is 0.295 e. The van der Waals surface area contributed by atoms with Crippen molar-refractivity contribution >= 4 is 17.1 Å². The van der Waals surface area contributed by atoms with Gasteiger partial charge in [-0.3, -0.25) is 0 Å². The van der Waals surface area contributed by atoms with E-state index in [0.29, 0.717) is 6.01 Å². The zero-order valence-corrected chi connectivity index (χ0v) is 14.0. The molecule has 3 heteroatoms. The van der Waals surface area contributed by atoms with Crippen molar-refractivity contribution in [2.45, 2.75) is 44.4 Å². The summed E-state index contributed by atoms with van der Waals surface area (Å²) >= 11 is 0. The Hall–Kier alpha value is -2.29. The van der Waals surface area contributed by atoms with Gasteiger partial charge in [-0.1, -0.05) is 55.7 Å². The second-order valence-electron chi connectivity index (χ2n) is 6.70. The van der Waals surface area contributed by atoms with Crippen LogP contribution in [0.3, 0.4) is 0 Å². The number of rotatable bonds is 5. The fourth-order valence-corrected chi connectivity index (χ4v) is 3.83. The number of anilines is 1. The van der Waals surface area contributed by atoms with E-state index in [-0.39, 0.29) is 0 Å². The minimum Gasteiger partial charge on any atom is -0.424 e. The van der Waals surface area contributed by atoms with Crippen LogP contribution in [0.25, 0.3) is 11.1 Å². The van der Waals surface area contributed by atoms with Gasteiger partial charge in [0.2, 0.25) is 0 Å². The van der Waals surface area contributed by atoms with Gasteiger partial charge in [0.15, 0.2) is 5.58 Å². The molecule has 1 N–H and O–H groups in total. The van der Waals surface area contributed by atoms with Crippen molar-refractivity contribution < 1.29 is 4.42 Å². The van der Waals surface area contributed by atoms with Crippen molar-refractivity contribution in [3.05, 3.63) is 59.7 Å². The van der Waals surface area contributed by atoms with Gasteiger partial charge in [-0.25, -0.2) is 0 Å². The van der Waals surface area contributed by atoms with Crippen LogP contribution in [0.15, 0.2) is 52.9 Å². The molecule has 3 nitrogen and oxygen atoms in total. The molecule has 0 radical (unpaired) electrons. The molecule has 1 saturated carbocycles. The fraction of sp³-hybridized carbons (Fsp3) is 0.381. The van der Waals surface area contributed by atoms with Crippen LogP contribution in [-0.4, -0.2) is 11.5 Å². The Bertz CT molecular complexity index is 769. The lowest BCUT2D eigenvalue weighted by Crippen LogP contribution is -2.11. The average Bonchev–Trinajstić information content (AvgIpc) is 3.06. The van der Waals surface area contributed by atoms with Crippen LogP contribution in [0.1, 0.15) is 49.1 Å². The normalized spacial score (nSPS) is 15.7. The molecule has 4 rings (SSSR count). The molecule has 1 aromatic heterocycles. The molecule has 0 spiro atoms. The summed E-state index contributed by atoms with van der Waals surface area (Å²) in [5.41, 5.74) is 4.76. The third-order valence-electron chi connectivity index (χ3n) is 5.06. The van der Waals surface area contributed by atoms with Crippen molar-refractivity contribution in [2.75, 3.05) is 11.9 Å². The summed E-state index contributed by atoms with van der Waals surface area (Å²) < 4.78 is 5.73. The van der Waals surface area contributed by atoms with Gasteiger partial charge in [0.25, 0.3) is 6.01 Å². The van der Waals surface area contributed by atoms with E-state index in [4.69, 9.17) is 4.42 Å². The molecule has 0 saturated heterocycles. The van der Waals surface area contributed by atoms with Crippen LogP contribution in [0, 0.1) is 0 Å². The summed E-state index contributed by atoms with van der Waals surface area (Å²) in [7, 11) is 0. The van der Waals surface area contributed by atoms with Gasteiger partial charge in [0, 0.05) is 6.54 Å². The number of nitrogens with zero attached hydrogens (tertiary/aromatic N) is 1. The monoisotopic (exact) mass is 320 g/mol. The van der Waals surface area contributed by atoms with E-state index in [0.717, 1.165) is 30.0 Å². The molecule has 3 aromatic rings. The number of aromatic nitrogens is 1. The van der Waals surface area contributed by atoms with E-state index in [1.807, 2.05) is 24.3 Å². The highest BCUT2D eigenvalue weighted by Gasteiger charge is 2.17. The van der Waals surface area contributed by atoms with Crippen molar-refractivity contribution in [2.24, 2.45) is 0 Å². The van der Waals surface area contributed by atoms with Crippen molar-refractivity contribution in [3.63, 3.8) is 0 Å². The summed E-state index contributed by atoms with van der Waals surface area (Å²) in [6.45, 7) is 0.844. The third kappa shape index (κ3) is 3.30. The van der Waals surface area contributed by atoms with Crippen LogP contribution < -0.4 is 5.32 Å². The van der Waals surface area contributed by atoms with Crippen LogP contribution in [0.4, 0.5) is 6.01 Å². The average molecular weight is 320 g/mol. The number of fused-ring (bicyclic) bond motifs is 1. The standard InChI is InChI=1S/C21H24N2O/c1-2-8-16(9-3-1)18-11-5-4-10-17(18)14-15-22-21-23-19-12-6-7-13-20(19)24-21/h4-7,10-13,16H,1-3,8-9,14-15H2,(H,22,23). The molecule has 1 aliphatic carbocycles. The summed E-state index contributed by atoms with van der Waals surface area (Å²) in [5, 5.41) is 3.33. The predicted octanol–water partition coefficient (Wildman–Crippen LogP) is 5.53. The third-order valence-corrected chi connectivity index (χ3v) is 5.06. The molecule has 0 amide bonds. The first kappa shape index (κ1) is 15.3. The molecule has 24 heavy (non-hydrogen) atoms. The molecule has 0 aliphatic heterocycles. The highest BCUT2D eigenvalue weighted by atomic mass is 16.4. The molecule has 1 fully saturated rings. The topological polar surface area (TPSA) is 38.1 Å². The number of hydrogen-bond donors (Lipinski definition) is 1. The Kier molecular flexibility index (Phi) is 4.50. The van der Waals surface area contributed by atoms with Crippen LogP contribution in [0.2, 0.25) is 0 Å². The molecule has 0 atom stereocenters. The van der Waals surface area contributed by atoms with Crippen molar-refractivity contribution in [1.82, 2.24) is 4.98 Å². The van der Waals surface area contributed by atoms with Crippen LogP contribution in [0.5, 0.6) is 0 Å². The first-order valence-corrected chi connectivity index (χ1v) is 9.07. The zero-order valence-electron chi connectivity index (χ0n) is 14.0. The van der Waals surface area contributed by atoms with Gasteiger partial charge in [0.1, 0.15) is 5.52 Å². The van der Waals surface area contributed by atoms with Gasteiger partial charge in [-0.15, -0.1) is 0 Å². The zero-order chi connectivity index (χ0) is 16.2. The number of oxazole rings is 1. The Morgan fingerprint density at radius 3 is 2.62 bits per heavy atom. The number of benzene rings is 2. The lowest BCUT2D eigenvalue weighted by molar-refractivity contribution is 0.441. The first-order valence-electron chi connectivity index (χ1n) is 9.07. The minimum absolute atomic E-state index is 0.617. The summed E-state index contributed by atoms with van der Waals surface area (Å²) in [4.78, 5) is 4.48.